The molecule has 2 aromatic carbocycles. The predicted molar refractivity (Wildman–Crippen MR) is 121 cm³/mol. The number of hydrogen-bond acceptors (Lipinski definition) is 5. The smallest absolute Gasteiger partial charge is 0.150 e. The lowest BCUT2D eigenvalue weighted by molar-refractivity contribution is 0.629. The maximum Gasteiger partial charge on any atom is 0.150 e. The summed E-state index contributed by atoms with van der Waals surface area (Å²) in [7, 11) is 0. The van der Waals surface area contributed by atoms with Crippen molar-refractivity contribution in [2.75, 3.05) is 17.2 Å². The van der Waals surface area contributed by atoms with Gasteiger partial charge in [-0.15, -0.1) is 6.42 Å². The number of nitrogen functional groups attached to an aromatic ring is 1. The van der Waals surface area contributed by atoms with E-state index in [4.69, 9.17) is 17.1 Å². The maximum atomic E-state index is 13.9. The standard InChI is InChI=1S/C25H20FN5/c1-2-19-24(27)28-15-29-25(19)31-12-6-9-22(31)20-13-17-10-11-18(26)14-21(17)30-23(20)16-7-4-3-5-8-16/h1,3-5,7-8,10-11,13-15,22H,6,9,12H2,(H2,27,28,29). The fraction of sp³-hybridized carbons (Fsp3) is 0.160. The van der Waals surface area contributed by atoms with E-state index in [1.54, 1.807) is 6.07 Å². The largest absolute Gasteiger partial charge is 0.382 e. The van der Waals surface area contributed by atoms with Crippen molar-refractivity contribution >= 4 is 22.5 Å². The first kappa shape index (κ1) is 19.0. The first-order valence-corrected chi connectivity index (χ1v) is 10.1. The van der Waals surface area contributed by atoms with E-state index in [1.165, 1.54) is 18.5 Å². The van der Waals surface area contributed by atoms with Gasteiger partial charge in [0.1, 0.15) is 23.5 Å². The van der Waals surface area contributed by atoms with Gasteiger partial charge in [0, 0.05) is 29.1 Å². The van der Waals surface area contributed by atoms with Crippen LogP contribution in [0.15, 0.2) is 60.9 Å². The van der Waals surface area contributed by atoms with Gasteiger partial charge in [-0.25, -0.2) is 19.3 Å². The van der Waals surface area contributed by atoms with Crippen LogP contribution in [0, 0.1) is 18.2 Å². The van der Waals surface area contributed by atoms with E-state index in [2.05, 4.69) is 26.9 Å². The van der Waals surface area contributed by atoms with Crippen molar-refractivity contribution in [2.24, 2.45) is 0 Å². The minimum atomic E-state index is -0.302. The molecule has 0 spiro atoms. The number of fused-ring (bicyclic) bond motifs is 1. The summed E-state index contributed by atoms with van der Waals surface area (Å²) >= 11 is 0. The van der Waals surface area contributed by atoms with Gasteiger partial charge in [0.2, 0.25) is 0 Å². The quantitative estimate of drug-likeness (QED) is 0.495. The van der Waals surface area contributed by atoms with Gasteiger partial charge in [0.05, 0.1) is 17.3 Å². The highest BCUT2D eigenvalue weighted by atomic mass is 19.1. The molecule has 1 atom stereocenters. The van der Waals surface area contributed by atoms with Crippen LogP contribution in [0.25, 0.3) is 22.2 Å². The molecular formula is C25H20FN5. The highest BCUT2D eigenvalue weighted by Gasteiger charge is 2.32. The summed E-state index contributed by atoms with van der Waals surface area (Å²) in [6.45, 7) is 0.797. The number of nitrogens with zero attached hydrogens (tertiary/aromatic N) is 4. The Morgan fingerprint density at radius 2 is 1.94 bits per heavy atom. The molecule has 0 bridgehead atoms. The number of halogens is 1. The van der Waals surface area contributed by atoms with Gasteiger partial charge in [0.15, 0.2) is 5.82 Å². The Balaban J connectivity index is 1.71. The Labute approximate surface area is 179 Å². The Bertz CT molecular complexity index is 1310. The zero-order valence-corrected chi connectivity index (χ0v) is 16.8. The van der Waals surface area contributed by atoms with E-state index in [0.29, 0.717) is 22.7 Å². The van der Waals surface area contributed by atoms with Crippen LogP contribution in [0.4, 0.5) is 16.0 Å². The molecule has 1 aliphatic rings. The number of rotatable bonds is 3. The van der Waals surface area contributed by atoms with Gasteiger partial charge in [-0.1, -0.05) is 36.3 Å². The highest BCUT2D eigenvalue weighted by molar-refractivity contribution is 5.84. The third kappa shape index (κ3) is 3.34. The van der Waals surface area contributed by atoms with Crippen LogP contribution in [-0.2, 0) is 0 Å². The predicted octanol–water partition coefficient (Wildman–Crippen LogP) is 4.74. The van der Waals surface area contributed by atoms with Crippen molar-refractivity contribution in [2.45, 2.75) is 18.9 Å². The summed E-state index contributed by atoms with van der Waals surface area (Å²) in [6.07, 6.45) is 9.07. The van der Waals surface area contributed by atoms with Gasteiger partial charge in [0.25, 0.3) is 0 Å². The second-order valence-corrected chi connectivity index (χ2v) is 7.58. The van der Waals surface area contributed by atoms with Crippen LogP contribution >= 0.6 is 0 Å². The summed E-state index contributed by atoms with van der Waals surface area (Å²) in [6, 6.07) is 16.8. The van der Waals surface area contributed by atoms with Gasteiger partial charge in [-0.2, -0.15) is 0 Å². The lowest BCUT2D eigenvalue weighted by Crippen LogP contribution is -2.25. The van der Waals surface area contributed by atoms with Crippen molar-refractivity contribution in [1.29, 1.82) is 0 Å². The van der Waals surface area contributed by atoms with Gasteiger partial charge in [-0.3, -0.25) is 0 Å². The molecule has 1 saturated heterocycles. The molecule has 0 aliphatic carbocycles. The minimum Gasteiger partial charge on any atom is -0.382 e. The zero-order chi connectivity index (χ0) is 21.4. The summed E-state index contributed by atoms with van der Waals surface area (Å²) in [5.41, 5.74) is 10.0. The highest BCUT2D eigenvalue weighted by Crippen LogP contribution is 2.41. The van der Waals surface area contributed by atoms with Crippen LogP contribution in [0.1, 0.15) is 30.0 Å². The molecule has 0 amide bonds. The van der Waals surface area contributed by atoms with Crippen LogP contribution in [0.2, 0.25) is 0 Å². The van der Waals surface area contributed by atoms with Crippen molar-refractivity contribution < 1.29 is 4.39 Å². The minimum absolute atomic E-state index is 0.0126. The van der Waals surface area contributed by atoms with E-state index in [1.807, 2.05) is 30.3 Å². The molecule has 2 N–H and O–H groups in total. The van der Waals surface area contributed by atoms with E-state index < -0.39 is 0 Å². The number of benzene rings is 2. The van der Waals surface area contributed by atoms with Gasteiger partial charge >= 0.3 is 0 Å². The second kappa shape index (κ2) is 7.69. The van der Waals surface area contributed by atoms with Gasteiger partial charge < -0.3 is 10.6 Å². The molecule has 31 heavy (non-hydrogen) atoms. The first-order valence-electron chi connectivity index (χ1n) is 10.1. The lowest BCUT2D eigenvalue weighted by Gasteiger charge is -2.28. The molecule has 5 nitrogen and oxygen atoms in total. The fourth-order valence-corrected chi connectivity index (χ4v) is 4.33. The topological polar surface area (TPSA) is 67.9 Å². The van der Waals surface area contributed by atoms with E-state index >= 15 is 0 Å². The third-order valence-electron chi connectivity index (χ3n) is 5.74. The zero-order valence-electron chi connectivity index (χ0n) is 16.8. The normalized spacial score (nSPS) is 15.9. The Hall–Kier alpha value is -3.98. The van der Waals surface area contributed by atoms with Gasteiger partial charge in [-0.05, 0) is 31.0 Å². The SMILES string of the molecule is C#Cc1c(N)ncnc1N1CCCC1c1cc2ccc(F)cc2nc1-c1ccccc1. The molecule has 3 heterocycles. The number of nitrogens with two attached hydrogens (primary N) is 1. The molecule has 1 aliphatic heterocycles. The molecule has 4 aromatic rings. The Morgan fingerprint density at radius 1 is 1.10 bits per heavy atom. The number of terminal acetylenes is 1. The molecule has 1 unspecified atom stereocenters. The molecule has 1 fully saturated rings. The summed E-state index contributed by atoms with van der Waals surface area (Å²) < 4.78 is 13.9. The molecule has 0 saturated carbocycles. The molecule has 0 radical (unpaired) electrons. The second-order valence-electron chi connectivity index (χ2n) is 7.58. The van der Waals surface area contributed by atoms with Crippen LogP contribution in [-0.4, -0.2) is 21.5 Å². The molecule has 6 heteroatoms. The average Bonchev–Trinajstić information content (AvgIpc) is 3.28. The van der Waals surface area contributed by atoms with Crippen molar-refractivity contribution in [3.63, 3.8) is 0 Å². The fourth-order valence-electron chi connectivity index (χ4n) is 4.33. The number of pyridine rings is 1. The Morgan fingerprint density at radius 3 is 2.74 bits per heavy atom. The van der Waals surface area contributed by atoms with Crippen LogP contribution in [0.3, 0.4) is 0 Å². The van der Waals surface area contributed by atoms with E-state index in [0.717, 1.165) is 41.6 Å². The van der Waals surface area contributed by atoms with Crippen molar-refractivity contribution in [3.8, 4) is 23.6 Å². The monoisotopic (exact) mass is 409 g/mol. The van der Waals surface area contributed by atoms with E-state index in [9.17, 15) is 4.39 Å². The summed E-state index contributed by atoms with van der Waals surface area (Å²) in [5.74, 6) is 3.31. The van der Waals surface area contributed by atoms with Crippen LogP contribution in [0.5, 0.6) is 0 Å². The number of hydrogen-bond donors (Lipinski definition) is 1. The molecule has 2 aromatic heterocycles. The van der Waals surface area contributed by atoms with Crippen molar-refractivity contribution in [1.82, 2.24) is 15.0 Å². The molecule has 5 rings (SSSR count). The lowest BCUT2D eigenvalue weighted by atomic mass is 9.96. The summed E-state index contributed by atoms with van der Waals surface area (Å²) in [4.78, 5) is 15.6. The number of aromatic nitrogens is 3. The van der Waals surface area contributed by atoms with Crippen molar-refractivity contribution in [3.05, 3.63) is 77.9 Å². The first-order chi connectivity index (χ1) is 15.2. The number of anilines is 2. The molecular weight excluding hydrogens is 389 g/mol. The summed E-state index contributed by atoms with van der Waals surface area (Å²) in [5, 5.41) is 0.891. The Kier molecular flexibility index (Phi) is 4.72. The third-order valence-corrected chi connectivity index (χ3v) is 5.74. The average molecular weight is 409 g/mol. The molecule has 152 valence electrons. The van der Waals surface area contributed by atoms with Crippen LogP contribution < -0.4 is 10.6 Å². The maximum absolute atomic E-state index is 13.9. The van der Waals surface area contributed by atoms with E-state index in [-0.39, 0.29) is 11.9 Å².